The third-order valence-electron chi connectivity index (χ3n) is 5.11. The van der Waals surface area contributed by atoms with E-state index < -0.39 is 0 Å². The Morgan fingerprint density at radius 3 is 2.65 bits per heavy atom. The van der Waals surface area contributed by atoms with Gasteiger partial charge in [-0.15, -0.1) is 5.10 Å². The van der Waals surface area contributed by atoms with Crippen LogP contribution in [-0.2, 0) is 4.79 Å². The van der Waals surface area contributed by atoms with Crippen molar-refractivity contribution in [1.29, 1.82) is 0 Å². The van der Waals surface area contributed by atoms with Gasteiger partial charge in [-0.3, -0.25) is 4.79 Å². The van der Waals surface area contributed by atoms with Gasteiger partial charge in [-0.2, -0.15) is 9.78 Å². The number of thioether (sulfide) groups is 1. The minimum Gasteiger partial charge on any atom is -0.310 e. The van der Waals surface area contributed by atoms with Crippen molar-refractivity contribution >= 4 is 23.5 Å². The van der Waals surface area contributed by atoms with Crippen molar-refractivity contribution in [2.24, 2.45) is 0 Å². The first-order chi connectivity index (χ1) is 15.2. The van der Waals surface area contributed by atoms with Crippen molar-refractivity contribution in [2.75, 3.05) is 11.1 Å². The fraction of sp³-hybridized carbons (Fsp3) is 0.227. The van der Waals surface area contributed by atoms with Crippen molar-refractivity contribution < 1.29 is 4.79 Å². The summed E-state index contributed by atoms with van der Waals surface area (Å²) in [5, 5.41) is 20.2. The number of benzene rings is 2. The number of tetrazole rings is 1. The molecule has 0 unspecified atom stereocenters. The van der Waals surface area contributed by atoms with E-state index in [-0.39, 0.29) is 11.7 Å². The van der Waals surface area contributed by atoms with Crippen LogP contribution in [0.4, 0.5) is 5.82 Å². The minimum atomic E-state index is -0.135. The molecule has 2 aromatic carbocycles. The fourth-order valence-corrected chi connectivity index (χ4v) is 4.05. The number of hydrogen-bond acceptors (Lipinski definition) is 6. The molecule has 31 heavy (non-hydrogen) atoms. The first-order valence-electron chi connectivity index (χ1n) is 10.1. The van der Waals surface area contributed by atoms with Gasteiger partial charge >= 0.3 is 0 Å². The van der Waals surface area contributed by atoms with Crippen LogP contribution in [0, 0.1) is 6.92 Å². The molecule has 5 rings (SSSR count). The molecule has 2 aromatic heterocycles. The molecule has 0 atom stereocenters. The van der Waals surface area contributed by atoms with Gasteiger partial charge in [0.1, 0.15) is 5.82 Å². The SMILES string of the molecule is Cc1ccccc1-n1nnnc1SCC(=O)Nc1cc(C2CC2)nn1-c1ccccc1. The normalized spacial score (nSPS) is 13.3. The summed E-state index contributed by atoms with van der Waals surface area (Å²) in [7, 11) is 0. The highest BCUT2D eigenvalue weighted by atomic mass is 32.2. The molecule has 0 saturated heterocycles. The molecule has 2 heterocycles. The zero-order valence-electron chi connectivity index (χ0n) is 17.0. The second-order valence-corrected chi connectivity index (χ2v) is 8.42. The van der Waals surface area contributed by atoms with Gasteiger partial charge in [0.05, 0.1) is 22.8 Å². The first-order valence-corrected chi connectivity index (χ1v) is 11.1. The van der Waals surface area contributed by atoms with E-state index in [2.05, 4.69) is 20.8 Å². The zero-order chi connectivity index (χ0) is 21.2. The number of carbonyl (C=O) groups excluding carboxylic acids is 1. The summed E-state index contributed by atoms with van der Waals surface area (Å²) >= 11 is 1.30. The molecule has 0 bridgehead atoms. The molecular formula is C22H21N7OS. The standard InChI is InChI=1S/C22H21N7OS/c1-15-7-5-6-10-19(15)29-22(24-26-27-29)31-14-21(30)23-20-13-18(16-11-12-16)25-28(20)17-8-3-2-4-9-17/h2-10,13,16H,11-12,14H2,1H3,(H,23,30). The van der Waals surface area contributed by atoms with Gasteiger partial charge in [0.15, 0.2) is 0 Å². The summed E-state index contributed by atoms with van der Waals surface area (Å²) in [6.07, 6.45) is 2.30. The van der Waals surface area contributed by atoms with Crippen LogP contribution in [0.2, 0.25) is 0 Å². The Balaban J connectivity index is 1.31. The van der Waals surface area contributed by atoms with E-state index in [0.29, 0.717) is 16.9 Å². The van der Waals surface area contributed by atoms with E-state index >= 15 is 0 Å². The number of nitrogens with one attached hydrogen (secondary N) is 1. The van der Waals surface area contributed by atoms with Crippen LogP contribution in [0.25, 0.3) is 11.4 Å². The lowest BCUT2D eigenvalue weighted by Crippen LogP contribution is -2.17. The number of hydrogen-bond donors (Lipinski definition) is 1. The third kappa shape index (κ3) is 4.22. The second-order valence-electron chi connectivity index (χ2n) is 7.47. The Labute approximate surface area is 183 Å². The van der Waals surface area contributed by atoms with Gasteiger partial charge in [0.25, 0.3) is 0 Å². The van der Waals surface area contributed by atoms with E-state index in [1.807, 2.05) is 67.6 Å². The molecule has 1 saturated carbocycles. The third-order valence-corrected chi connectivity index (χ3v) is 6.03. The highest BCUT2D eigenvalue weighted by molar-refractivity contribution is 7.99. The number of carbonyl (C=O) groups is 1. The van der Waals surface area contributed by atoms with Crippen LogP contribution in [0.5, 0.6) is 0 Å². The average Bonchev–Trinajstić information content (AvgIpc) is 3.39. The highest BCUT2D eigenvalue weighted by Gasteiger charge is 2.28. The predicted molar refractivity (Wildman–Crippen MR) is 119 cm³/mol. The van der Waals surface area contributed by atoms with Crippen LogP contribution in [0.1, 0.15) is 30.0 Å². The van der Waals surface area contributed by atoms with E-state index in [4.69, 9.17) is 5.10 Å². The molecule has 0 aliphatic heterocycles. The summed E-state index contributed by atoms with van der Waals surface area (Å²) in [5.74, 6) is 1.22. The number of amides is 1. The van der Waals surface area contributed by atoms with Gasteiger partial charge in [0.2, 0.25) is 11.1 Å². The summed E-state index contributed by atoms with van der Waals surface area (Å²) in [4.78, 5) is 12.7. The second kappa shape index (κ2) is 8.35. The van der Waals surface area contributed by atoms with Gasteiger partial charge in [-0.25, -0.2) is 4.68 Å². The quantitative estimate of drug-likeness (QED) is 0.448. The smallest absolute Gasteiger partial charge is 0.236 e. The molecule has 1 aliphatic rings. The predicted octanol–water partition coefficient (Wildman–Crippen LogP) is 3.76. The van der Waals surface area contributed by atoms with Gasteiger partial charge < -0.3 is 5.32 Å². The number of aryl methyl sites for hydroxylation is 1. The Bertz CT molecular complexity index is 1210. The number of nitrogens with zero attached hydrogens (tertiary/aromatic N) is 6. The highest BCUT2D eigenvalue weighted by Crippen LogP contribution is 2.40. The summed E-state index contributed by atoms with van der Waals surface area (Å²) in [6, 6.07) is 19.7. The van der Waals surface area contributed by atoms with E-state index in [9.17, 15) is 4.79 Å². The molecule has 1 amide bonds. The van der Waals surface area contributed by atoms with Crippen LogP contribution >= 0.6 is 11.8 Å². The zero-order valence-corrected chi connectivity index (χ0v) is 17.8. The molecule has 8 nitrogen and oxygen atoms in total. The van der Waals surface area contributed by atoms with Crippen molar-refractivity contribution in [3.63, 3.8) is 0 Å². The Morgan fingerprint density at radius 2 is 1.87 bits per heavy atom. The maximum atomic E-state index is 12.7. The number of aromatic nitrogens is 6. The summed E-state index contributed by atoms with van der Waals surface area (Å²) in [6.45, 7) is 2.00. The maximum Gasteiger partial charge on any atom is 0.236 e. The fourth-order valence-electron chi connectivity index (χ4n) is 3.36. The maximum absolute atomic E-state index is 12.7. The molecule has 9 heteroatoms. The number of rotatable bonds is 7. The van der Waals surface area contributed by atoms with Crippen molar-refractivity contribution in [3.05, 3.63) is 71.9 Å². The largest absolute Gasteiger partial charge is 0.310 e. The molecule has 0 spiro atoms. The first kappa shape index (κ1) is 19.5. The molecular weight excluding hydrogens is 410 g/mol. The molecule has 4 aromatic rings. The lowest BCUT2D eigenvalue weighted by Gasteiger charge is -2.09. The van der Waals surface area contributed by atoms with E-state index in [1.165, 1.54) is 11.8 Å². The monoisotopic (exact) mass is 431 g/mol. The molecule has 1 aliphatic carbocycles. The van der Waals surface area contributed by atoms with E-state index in [1.54, 1.807) is 9.36 Å². The van der Waals surface area contributed by atoms with Gasteiger partial charge in [-0.1, -0.05) is 48.2 Å². The Morgan fingerprint density at radius 1 is 1.10 bits per heavy atom. The van der Waals surface area contributed by atoms with Gasteiger partial charge in [-0.05, 0) is 54.0 Å². The van der Waals surface area contributed by atoms with Crippen molar-refractivity contribution in [1.82, 2.24) is 30.0 Å². The molecule has 1 fully saturated rings. The average molecular weight is 432 g/mol. The lowest BCUT2D eigenvalue weighted by molar-refractivity contribution is -0.113. The molecule has 0 radical (unpaired) electrons. The lowest BCUT2D eigenvalue weighted by atomic mass is 10.2. The summed E-state index contributed by atoms with van der Waals surface area (Å²) in [5.41, 5.74) is 3.89. The van der Waals surface area contributed by atoms with Crippen LogP contribution in [0.3, 0.4) is 0 Å². The Kier molecular flexibility index (Phi) is 5.25. The topological polar surface area (TPSA) is 90.5 Å². The van der Waals surface area contributed by atoms with Crippen molar-refractivity contribution in [3.8, 4) is 11.4 Å². The molecule has 156 valence electrons. The van der Waals surface area contributed by atoms with Crippen LogP contribution in [0.15, 0.2) is 65.8 Å². The molecule has 1 N–H and O–H groups in total. The minimum absolute atomic E-state index is 0.135. The van der Waals surface area contributed by atoms with Crippen molar-refractivity contribution in [2.45, 2.75) is 30.8 Å². The summed E-state index contributed by atoms with van der Waals surface area (Å²) < 4.78 is 3.46. The Hall–Kier alpha value is -3.46. The van der Waals surface area contributed by atoms with Gasteiger partial charge in [0, 0.05) is 12.0 Å². The van der Waals surface area contributed by atoms with Crippen LogP contribution < -0.4 is 5.32 Å². The van der Waals surface area contributed by atoms with Crippen LogP contribution in [-0.4, -0.2) is 41.6 Å². The number of anilines is 1. The van der Waals surface area contributed by atoms with E-state index in [0.717, 1.165) is 35.5 Å². The number of para-hydroxylation sites is 2.